The number of carbonyl (C=O) groups excluding carboxylic acids is 1. The Kier molecular flexibility index (Phi) is 4.02. The highest BCUT2D eigenvalue weighted by molar-refractivity contribution is 6.40. The van der Waals surface area contributed by atoms with E-state index in [0.29, 0.717) is 17.7 Å². The molecule has 1 aliphatic carbocycles. The number of benzene rings is 1. The molecule has 114 valence electrons. The van der Waals surface area contributed by atoms with E-state index in [9.17, 15) is 9.59 Å². The third-order valence-corrected chi connectivity index (χ3v) is 5.27. The largest absolute Gasteiger partial charge is 0.482 e. The maximum absolute atomic E-state index is 12.6. The van der Waals surface area contributed by atoms with E-state index >= 15 is 0 Å². The van der Waals surface area contributed by atoms with Gasteiger partial charge in [0.05, 0.1) is 0 Å². The van der Waals surface area contributed by atoms with Gasteiger partial charge < -0.3 is 9.84 Å². The molecule has 0 aliphatic heterocycles. The van der Waals surface area contributed by atoms with E-state index in [0.717, 1.165) is 16.7 Å². The van der Waals surface area contributed by atoms with Gasteiger partial charge in [0.2, 0.25) is 0 Å². The standard InChI is InChI=1S/C16H19ClO4/c1-5-16(17)10(4)11-6-12(21-7-13(18)19)8(2)9(3)14(11)15(16)20/h6,10H,5,7H2,1-4H3,(H,18,19). The van der Waals surface area contributed by atoms with Crippen LogP contribution in [0.5, 0.6) is 5.75 Å². The maximum Gasteiger partial charge on any atom is 0.341 e. The summed E-state index contributed by atoms with van der Waals surface area (Å²) >= 11 is 6.54. The van der Waals surface area contributed by atoms with Crippen LogP contribution in [0, 0.1) is 13.8 Å². The van der Waals surface area contributed by atoms with E-state index in [1.807, 2.05) is 27.7 Å². The third-order valence-electron chi connectivity index (χ3n) is 4.51. The molecule has 0 radical (unpaired) electrons. The first-order valence-corrected chi connectivity index (χ1v) is 7.34. The molecule has 2 atom stereocenters. The van der Waals surface area contributed by atoms with Crippen molar-refractivity contribution in [2.45, 2.75) is 44.9 Å². The second-order valence-corrected chi connectivity index (χ2v) is 6.21. The van der Waals surface area contributed by atoms with Gasteiger partial charge in [0.1, 0.15) is 10.6 Å². The molecular formula is C16H19ClO4. The fourth-order valence-electron chi connectivity index (χ4n) is 2.96. The van der Waals surface area contributed by atoms with Crippen molar-refractivity contribution in [1.82, 2.24) is 0 Å². The van der Waals surface area contributed by atoms with Crippen molar-refractivity contribution in [3.63, 3.8) is 0 Å². The highest BCUT2D eigenvalue weighted by Gasteiger charge is 2.49. The summed E-state index contributed by atoms with van der Waals surface area (Å²) in [5, 5.41) is 8.74. The zero-order valence-electron chi connectivity index (χ0n) is 12.6. The lowest BCUT2D eigenvalue weighted by Crippen LogP contribution is -2.30. The molecule has 0 saturated carbocycles. The van der Waals surface area contributed by atoms with Gasteiger partial charge in [-0.05, 0) is 43.0 Å². The molecule has 1 aromatic carbocycles. The van der Waals surface area contributed by atoms with Crippen molar-refractivity contribution >= 4 is 23.4 Å². The Morgan fingerprint density at radius 1 is 1.43 bits per heavy atom. The first-order valence-electron chi connectivity index (χ1n) is 6.96. The normalized spacial score (nSPS) is 24.0. The van der Waals surface area contributed by atoms with Crippen LogP contribution in [0.2, 0.25) is 0 Å². The topological polar surface area (TPSA) is 63.6 Å². The summed E-state index contributed by atoms with van der Waals surface area (Å²) in [6.07, 6.45) is 0.549. The summed E-state index contributed by atoms with van der Waals surface area (Å²) in [7, 11) is 0. The van der Waals surface area contributed by atoms with Crippen LogP contribution in [0.15, 0.2) is 6.07 Å². The molecule has 21 heavy (non-hydrogen) atoms. The van der Waals surface area contributed by atoms with Crippen LogP contribution in [0.4, 0.5) is 0 Å². The Bertz CT molecular complexity index is 623. The Labute approximate surface area is 129 Å². The number of Topliss-reactive ketones (excluding diaryl/α,β-unsaturated/α-hetero) is 1. The minimum atomic E-state index is -1.03. The van der Waals surface area contributed by atoms with Crippen molar-refractivity contribution in [3.8, 4) is 5.75 Å². The van der Waals surface area contributed by atoms with E-state index < -0.39 is 17.5 Å². The third kappa shape index (κ3) is 2.31. The lowest BCUT2D eigenvalue weighted by molar-refractivity contribution is -0.139. The molecule has 1 aromatic rings. The molecule has 2 rings (SSSR count). The summed E-state index contributed by atoms with van der Waals surface area (Å²) in [4.78, 5) is 22.4. The van der Waals surface area contributed by atoms with Crippen LogP contribution in [-0.4, -0.2) is 28.3 Å². The monoisotopic (exact) mass is 310 g/mol. The first kappa shape index (κ1) is 15.8. The molecule has 5 heteroatoms. The molecule has 2 unspecified atom stereocenters. The minimum Gasteiger partial charge on any atom is -0.482 e. The Hall–Kier alpha value is -1.55. The highest BCUT2D eigenvalue weighted by atomic mass is 35.5. The first-order chi connectivity index (χ1) is 9.74. The summed E-state index contributed by atoms with van der Waals surface area (Å²) in [6.45, 7) is 7.10. The van der Waals surface area contributed by atoms with Crippen LogP contribution in [0.3, 0.4) is 0 Å². The van der Waals surface area contributed by atoms with Gasteiger partial charge in [-0.1, -0.05) is 13.8 Å². The van der Waals surface area contributed by atoms with E-state index in [4.69, 9.17) is 21.4 Å². The summed E-state index contributed by atoms with van der Waals surface area (Å²) in [5.74, 6) is -0.694. The van der Waals surface area contributed by atoms with Gasteiger partial charge in [-0.3, -0.25) is 4.79 Å². The van der Waals surface area contributed by atoms with E-state index in [1.165, 1.54) is 0 Å². The molecule has 4 nitrogen and oxygen atoms in total. The number of ketones is 1. The van der Waals surface area contributed by atoms with Crippen molar-refractivity contribution in [3.05, 3.63) is 28.3 Å². The average Bonchev–Trinajstić information content (AvgIpc) is 2.63. The number of aliphatic carboxylic acids is 1. The van der Waals surface area contributed by atoms with Crippen LogP contribution in [-0.2, 0) is 4.79 Å². The fourth-order valence-corrected chi connectivity index (χ4v) is 3.17. The average molecular weight is 311 g/mol. The van der Waals surface area contributed by atoms with Crippen LogP contribution in [0.25, 0.3) is 0 Å². The van der Waals surface area contributed by atoms with E-state index in [1.54, 1.807) is 6.07 Å². The zero-order valence-corrected chi connectivity index (χ0v) is 13.4. The van der Waals surface area contributed by atoms with E-state index in [2.05, 4.69) is 0 Å². The molecule has 0 fully saturated rings. The molecule has 0 spiro atoms. The number of halogens is 1. The quantitative estimate of drug-likeness (QED) is 0.865. The van der Waals surface area contributed by atoms with Gasteiger partial charge in [0, 0.05) is 11.5 Å². The summed E-state index contributed by atoms with van der Waals surface area (Å²) in [5.41, 5.74) is 3.12. The second kappa shape index (κ2) is 5.34. The molecule has 0 amide bonds. The number of carboxylic acids is 1. The number of hydrogen-bond donors (Lipinski definition) is 1. The van der Waals surface area contributed by atoms with Crippen molar-refractivity contribution in [2.24, 2.45) is 0 Å². The Morgan fingerprint density at radius 2 is 2.05 bits per heavy atom. The Morgan fingerprint density at radius 3 is 2.57 bits per heavy atom. The SMILES string of the molecule is CCC1(Cl)C(=O)c2c(cc(OCC(=O)O)c(C)c2C)C1C. The van der Waals surface area contributed by atoms with Crippen LogP contribution < -0.4 is 4.74 Å². The number of alkyl halides is 1. The molecule has 1 N–H and O–H groups in total. The van der Waals surface area contributed by atoms with Crippen LogP contribution in [0.1, 0.15) is 53.2 Å². The predicted octanol–water partition coefficient (Wildman–Crippen LogP) is 3.45. The van der Waals surface area contributed by atoms with E-state index in [-0.39, 0.29) is 11.7 Å². The number of rotatable bonds is 4. The zero-order chi connectivity index (χ0) is 15.9. The minimum absolute atomic E-state index is 0.0421. The van der Waals surface area contributed by atoms with Crippen molar-refractivity contribution in [2.75, 3.05) is 6.61 Å². The number of carbonyl (C=O) groups is 2. The molecule has 0 bridgehead atoms. The maximum atomic E-state index is 12.6. The molecule has 0 heterocycles. The number of ether oxygens (including phenoxy) is 1. The summed E-state index contributed by atoms with van der Waals surface area (Å²) in [6, 6.07) is 1.77. The summed E-state index contributed by atoms with van der Waals surface area (Å²) < 4.78 is 5.34. The predicted molar refractivity (Wildman–Crippen MR) is 80.7 cm³/mol. The highest BCUT2D eigenvalue weighted by Crippen LogP contribution is 2.49. The fraction of sp³-hybridized carbons (Fsp3) is 0.500. The van der Waals surface area contributed by atoms with Gasteiger partial charge in [-0.15, -0.1) is 11.6 Å². The van der Waals surface area contributed by atoms with Gasteiger partial charge >= 0.3 is 5.97 Å². The molecular weight excluding hydrogens is 292 g/mol. The smallest absolute Gasteiger partial charge is 0.341 e. The number of fused-ring (bicyclic) bond motifs is 1. The molecule has 0 aromatic heterocycles. The Balaban J connectivity index is 2.55. The number of hydrogen-bond acceptors (Lipinski definition) is 3. The van der Waals surface area contributed by atoms with Gasteiger partial charge in [0.25, 0.3) is 0 Å². The van der Waals surface area contributed by atoms with Gasteiger partial charge in [-0.25, -0.2) is 4.79 Å². The molecule has 1 aliphatic rings. The van der Waals surface area contributed by atoms with Gasteiger partial charge in [0.15, 0.2) is 12.4 Å². The molecule has 0 saturated heterocycles. The lowest BCUT2D eigenvalue weighted by atomic mass is 9.91. The van der Waals surface area contributed by atoms with Crippen molar-refractivity contribution < 1.29 is 19.4 Å². The van der Waals surface area contributed by atoms with Gasteiger partial charge in [-0.2, -0.15) is 0 Å². The second-order valence-electron chi connectivity index (χ2n) is 5.54. The number of carboxylic acid groups (broad SMARTS) is 1. The van der Waals surface area contributed by atoms with Crippen LogP contribution >= 0.6 is 11.6 Å². The van der Waals surface area contributed by atoms with Crippen molar-refractivity contribution in [1.29, 1.82) is 0 Å². The lowest BCUT2D eigenvalue weighted by Gasteiger charge is -2.23.